The summed E-state index contributed by atoms with van der Waals surface area (Å²) in [6, 6.07) is 18.1. The summed E-state index contributed by atoms with van der Waals surface area (Å²) in [7, 11) is 0. The van der Waals surface area contributed by atoms with Crippen LogP contribution in [-0.2, 0) is 0 Å². The molecule has 1 aromatic heterocycles. The lowest BCUT2D eigenvalue weighted by molar-refractivity contribution is -0.384. The SMILES string of the molecule is O=C(c1ccccc1)[C@@H]1[C@@H](c2ccc([N+](=O)[O-])cc2)N=Cc2cccn21. The number of non-ortho nitro benzene ring substituents is 1. The molecule has 1 aliphatic rings. The van der Waals surface area contributed by atoms with Crippen molar-refractivity contribution in [3.63, 3.8) is 0 Å². The van der Waals surface area contributed by atoms with Crippen molar-refractivity contribution in [2.75, 3.05) is 0 Å². The first-order valence-corrected chi connectivity index (χ1v) is 8.19. The number of rotatable bonds is 4. The highest BCUT2D eigenvalue weighted by Gasteiger charge is 2.34. The van der Waals surface area contributed by atoms with Gasteiger partial charge in [-0.2, -0.15) is 0 Å². The molecule has 3 aromatic rings. The molecule has 0 radical (unpaired) electrons. The molecular formula is C20H15N3O3. The zero-order valence-electron chi connectivity index (χ0n) is 13.7. The number of benzene rings is 2. The van der Waals surface area contributed by atoms with E-state index in [2.05, 4.69) is 4.99 Å². The molecule has 2 heterocycles. The van der Waals surface area contributed by atoms with Gasteiger partial charge in [0.05, 0.1) is 10.6 Å². The number of aliphatic imine (C=N–C) groups is 1. The van der Waals surface area contributed by atoms with Crippen molar-refractivity contribution < 1.29 is 9.72 Å². The van der Waals surface area contributed by atoms with Crippen molar-refractivity contribution in [3.8, 4) is 0 Å². The third-order valence-corrected chi connectivity index (χ3v) is 4.55. The van der Waals surface area contributed by atoms with E-state index in [0.29, 0.717) is 5.56 Å². The van der Waals surface area contributed by atoms with Gasteiger partial charge < -0.3 is 4.57 Å². The van der Waals surface area contributed by atoms with Crippen LogP contribution in [0.5, 0.6) is 0 Å². The van der Waals surface area contributed by atoms with Crippen LogP contribution in [-0.4, -0.2) is 21.5 Å². The molecule has 6 nitrogen and oxygen atoms in total. The second-order valence-electron chi connectivity index (χ2n) is 6.09. The number of ketones is 1. The van der Waals surface area contributed by atoms with Gasteiger partial charge in [-0.1, -0.05) is 30.3 Å². The van der Waals surface area contributed by atoms with E-state index in [1.807, 2.05) is 41.1 Å². The van der Waals surface area contributed by atoms with Gasteiger partial charge in [-0.25, -0.2) is 0 Å². The van der Waals surface area contributed by atoms with Gasteiger partial charge in [0.1, 0.15) is 12.1 Å². The van der Waals surface area contributed by atoms with E-state index in [0.717, 1.165) is 11.3 Å². The number of hydrogen-bond donors (Lipinski definition) is 0. The van der Waals surface area contributed by atoms with Crippen molar-refractivity contribution in [2.45, 2.75) is 12.1 Å². The number of nitrogens with zero attached hydrogens (tertiary/aromatic N) is 3. The molecule has 4 rings (SSSR count). The molecule has 0 unspecified atom stereocenters. The third-order valence-electron chi connectivity index (χ3n) is 4.55. The quantitative estimate of drug-likeness (QED) is 0.407. The monoisotopic (exact) mass is 345 g/mol. The Kier molecular flexibility index (Phi) is 3.93. The third kappa shape index (κ3) is 2.71. The molecular weight excluding hydrogens is 330 g/mol. The van der Waals surface area contributed by atoms with Crippen LogP contribution in [0.2, 0.25) is 0 Å². The second kappa shape index (κ2) is 6.40. The molecule has 0 saturated heterocycles. The minimum atomic E-state index is -0.533. The molecule has 128 valence electrons. The highest BCUT2D eigenvalue weighted by atomic mass is 16.6. The molecule has 0 fully saturated rings. The Hall–Kier alpha value is -3.54. The maximum absolute atomic E-state index is 13.2. The lowest BCUT2D eigenvalue weighted by atomic mass is 9.91. The number of nitro benzene ring substituents is 1. The number of carbonyl (C=O) groups excluding carboxylic acids is 1. The fourth-order valence-electron chi connectivity index (χ4n) is 3.26. The number of hydrogen-bond acceptors (Lipinski definition) is 4. The van der Waals surface area contributed by atoms with Crippen LogP contribution in [0.25, 0.3) is 0 Å². The van der Waals surface area contributed by atoms with Gasteiger partial charge in [0.25, 0.3) is 5.69 Å². The maximum Gasteiger partial charge on any atom is 0.269 e. The fourth-order valence-corrected chi connectivity index (χ4v) is 3.26. The summed E-state index contributed by atoms with van der Waals surface area (Å²) in [6.45, 7) is 0. The van der Waals surface area contributed by atoms with Gasteiger partial charge in [0, 0.05) is 30.1 Å². The van der Waals surface area contributed by atoms with Crippen molar-refractivity contribution in [1.29, 1.82) is 0 Å². The Bertz CT molecular complexity index is 991. The summed E-state index contributed by atoms with van der Waals surface area (Å²) in [4.78, 5) is 28.2. The normalized spacial score (nSPS) is 18.3. The molecule has 26 heavy (non-hydrogen) atoms. The Morgan fingerprint density at radius 1 is 1.00 bits per heavy atom. The summed E-state index contributed by atoms with van der Waals surface area (Å²) in [5.41, 5.74) is 2.25. The van der Waals surface area contributed by atoms with E-state index in [9.17, 15) is 14.9 Å². The standard InChI is InChI=1S/C20H15N3O3/c24-20(15-5-2-1-3-6-15)19-18(21-13-17-7-4-12-22(17)19)14-8-10-16(11-9-14)23(25)26/h1-13,18-19H/t18-,19+/m1/s1. The minimum absolute atomic E-state index is 0.0149. The van der Waals surface area contributed by atoms with Gasteiger partial charge in [-0.3, -0.25) is 19.9 Å². The van der Waals surface area contributed by atoms with E-state index in [1.165, 1.54) is 12.1 Å². The predicted octanol–water partition coefficient (Wildman–Crippen LogP) is 3.99. The zero-order chi connectivity index (χ0) is 18.1. The minimum Gasteiger partial charge on any atom is -0.333 e. The lowest BCUT2D eigenvalue weighted by Crippen LogP contribution is -2.29. The van der Waals surface area contributed by atoms with Gasteiger partial charge in [-0.05, 0) is 29.8 Å². The van der Waals surface area contributed by atoms with Crippen molar-refractivity contribution in [3.05, 3.63) is 99.9 Å². The van der Waals surface area contributed by atoms with Crippen LogP contribution in [0.1, 0.15) is 33.7 Å². The van der Waals surface area contributed by atoms with E-state index in [4.69, 9.17) is 0 Å². The van der Waals surface area contributed by atoms with E-state index < -0.39 is 17.0 Å². The van der Waals surface area contributed by atoms with E-state index in [1.54, 1.807) is 30.5 Å². The first-order valence-electron chi connectivity index (χ1n) is 8.19. The van der Waals surface area contributed by atoms with Crippen LogP contribution >= 0.6 is 0 Å². The number of carbonyl (C=O) groups is 1. The summed E-state index contributed by atoms with van der Waals surface area (Å²) >= 11 is 0. The molecule has 0 amide bonds. The van der Waals surface area contributed by atoms with E-state index in [-0.39, 0.29) is 11.5 Å². The smallest absolute Gasteiger partial charge is 0.269 e. The topological polar surface area (TPSA) is 77.5 Å². The Balaban J connectivity index is 1.77. The number of fused-ring (bicyclic) bond motifs is 1. The molecule has 6 heteroatoms. The number of nitro groups is 1. The van der Waals surface area contributed by atoms with Crippen molar-refractivity contribution in [2.24, 2.45) is 4.99 Å². The summed E-state index contributed by atoms with van der Waals surface area (Å²) < 4.78 is 1.91. The first kappa shape index (κ1) is 16.0. The molecule has 0 saturated carbocycles. The molecule has 2 atom stereocenters. The molecule has 1 aliphatic heterocycles. The Labute approximate surface area is 149 Å². The van der Waals surface area contributed by atoms with Crippen LogP contribution in [0, 0.1) is 10.1 Å². The summed E-state index contributed by atoms with van der Waals surface area (Å²) in [6.07, 6.45) is 3.60. The largest absolute Gasteiger partial charge is 0.333 e. The van der Waals surface area contributed by atoms with Crippen LogP contribution in [0.15, 0.2) is 77.9 Å². The molecule has 0 bridgehead atoms. The van der Waals surface area contributed by atoms with Gasteiger partial charge in [0.2, 0.25) is 0 Å². The molecule has 2 aromatic carbocycles. The highest BCUT2D eigenvalue weighted by Crippen LogP contribution is 2.37. The molecule has 0 spiro atoms. The number of aromatic nitrogens is 1. The van der Waals surface area contributed by atoms with Gasteiger partial charge >= 0.3 is 0 Å². The zero-order valence-corrected chi connectivity index (χ0v) is 13.7. The Morgan fingerprint density at radius 3 is 2.42 bits per heavy atom. The van der Waals surface area contributed by atoms with Crippen LogP contribution in [0.3, 0.4) is 0 Å². The average molecular weight is 345 g/mol. The lowest BCUT2D eigenvalue weighted by Gasteiger charge is -2.29. The highest BCUT2D eigenvalue weighted by molar-refractivity contribution is 6.00. The Morgan fingerprint density at radius 2 is 1.73 bits per heavy atom. The fraction of sp³-hybridized carbons (Fsp3) is 0.100. The summed E-state index contributed by atoms with van der Waals surface area (Å²) in [5, 5.41) is 10.9. The van der Waals surface area contributed by atoms with Crippen LogP contribution in [0.4, 0.5) is 5.69 Å². The first-order chi connectivity index (χ1) is 12.6. The van der Waals surface area contributed by atoms with E-state index >= 15 is 0 Å². The average Bonchev–Trinajstić information content (AvgIpc) is 3.16. The van der Waals surface area contributed by atoms with Gasteiger partial charge in [-0.15, -0.1) is 0 Å². The van der Waals surface area contributed by atoms with Crippen molar-refractivity contribution >= 4 is 17.7 Å². The second-order valence-corrected chi connectivity index (χ2v) is 6.09. The molecule has 0 aliphatic carbocycles. The molecule has 0 N–H and O–H groups in total. The van der Waals surface area contributed by atoms with Gasteiger partial charge in [0.15, 0.2) is 5.78 Å². The number of Topliss-reactive ketones (excluding diaryl/α,β-unsaturated/α-hetero) is 1. The summed E-state index contributed by atoms with van der Waals surface area (Å²) in [5.74, 6) is -0.0387. The predicted molar refractivity (Wildman–Crippen MR) is 97.7 cm³/mol. The maximum atomic E-state index is 13.2. The van der Waals surface area contributed by atoms with Crippen molar-refractivity contribution in [1.82, 2.24) is 4.57 Å². The van der Waals surface area contributed by atoms with Crippen LogP contribution < -0.4 is 0 Å².